The average molecular weight is 533 g/mol. The molecule has 1 aliphatic heterocycles. The zero-order chi connectivity index (χ0) is 26.6. The second kappa shape index (κ2) is 11.6. The zero-order valence-corrected chi connectivity index (χ0v) is 22.0. The molecule has 0 bridgehead atoms. The van der Waals surface area contributed by atoms with Crippen LogP contribution in [0.4, 0.5) is 0 Å². The van der Waals surface area contributed by atoms with E-state index in [1.165, 1.54) is 7.11 Å². The molecule has 0 aromatic heterocycles. The molecule has 6 nitrogen and oxygen atoms in total. The number of Topliss-reactive ketones (excluding diaryl/α,β-unsaturated/α-hetero) is 1. The van der Waals surface area contributed by atoms with Gasteiger partial charge in [-0.2, -0.15) is 0 Å². The van der Waals surface area contributed by atoms with Crippen LogP contribution in [0, 0.1) is 0 Å². The maximum Gasteiger partial charge on any atom is 0.205 e. The molecule has 4 atom stereocenters. The van der Waals surface area contributed by atoms with E-state index >= 15 is 0 Å². The minimum absolute atomic E-state index is 0.104. The normalized spacial score (nSPS) is 23.1. The van der Waals surface area contributed by atoms with Crippen LogP contribution in [-0.4, -0.2) is 37.0 Å². The summed E-state index contributed by atoms with van der Waals surface area (Å²) in [7, 11) is 1.48. The molecule has 2 aliphatic rings. The molecule has 196 valence electrons. The minimum Gasteiger partial charge on any atom is -0.496 e. The van der Waals surface area contributed by atoms with Crippen LogP contribution < -0.4 is 4.74 Å². The summed E-state index contributed by atoms with van der Waals surface area (Å²) in [6.07, 6.45) is 0.258. The molecule has 1 heterocycles. The first kappa shape index (κ1) is 26.3. The molecule has 0 N–H and O–H groups in total. The summed E-state index contributed by atoms with van der Waals surface area (Å²) in [4.78, 5) is 25.4. The molecule has 0 spiro atoms. The number of fused-ring (bicyclic) bond motifs is 1. The standard InChI is InChI=1S/C31H29ClO6/c1-19-30(37-18-21-11-7-4-8-12-21)27(36-17-20-9-5-3-6-10-20)16-26(38-19)22-13-14-23-28(31(22)35-2)25(33)15-24(32)29(23)34/h3-15,19,26-27,30H,16-18H2,1-2H3/t19-,26-,27?,30-/m1/s1. The van der Waals surface area contributed by atoms with Crippen LogP contribution in [0.2, 0.25) is 0 Å². The van der Waals surface area contributed by atoms with Gasteiger partial charge in [0.1, 0.15) is 11.9 Å². The Morgan fingerprint density at radius 1 is 0.895 bits per heavy atom. The van der Waals surface area contributed by atoms with Crippen molar-refractivity contribution < 1.29 is 28.5 Å². The largest absolute Gasteiger partial charge is 0.496 e. The topological polar surface area (TPSA) is 71.1 Å². The summed E-state index contributed by atoms with van der Waals surface area (Å²) >= 11 is 5.98. The van der Waals surface area contributed by atoms with Crippen molar-refractivity contribution in [1.82, 2.24) is 0 Å². The van der Waals surface area contributed by atoms with Crippen LogP contribution in [0.15, 0.2) is 83.9 Å². The van der Waals surface area contributed by atoms with Gasteiger partial charge in [0, 0.05) is 23.6 Å². The summed E-state index contributed by atoms with van der Waals surface area (Å²) in [5, 5.41) is -0.104. The van der Waals surface area contributed by atoms with E-state index < -0.39 is 11.9 Å². The lowest BCUT2D eigenvalue weighted by atomic mass is 9.87. The van der Waals surface area contributed by atoms with Crippen LogP contribution in [0.25, 0.3) is 0 Å². The van der Waals surface area contributed by atoms with Crippen LogP contribution >= 0.6 is 11.6 Å². The summed E-state index contributed by atoms with van der Waals surface area (Å²) in [6, 6.07) is 23.3. The van der Waals surface area contributed by atoms with Crippen molar-refractivity contribution in [2.45, 2.75) is 51.0 Å². The van der Waals surface area contributed by atoms with Gasteiger partial charge in [0.05, 0.1) is 49.2 Å². The third-order valence-electron chi connectivity index (χ3n) is 6.95. The number of carbonyl (C=O) groups is 2. The highest BCUT2D eigenvalue weighted by Gasteiger charge is 2.41. The Morgan fingerprint density at radius 2 is 1.53 bits per heavy atom. The van der Waals surface area contributed by atoms with Gasteiger partial charge >= 0.3 is 0 Å². The van der Waals surface area contributed by atoms with E-state index in [-0.39, 0.29) is 40.3 Å². The number of ether oxygens (including phenoxy) is 4. The van der Waals surface area contributed by atoms with Gasteiger partial charge in [0.2, 0.25) is 5.78 Å². The van der Waals surface area contributed by atoms with Gasteiger partial charge in [-0.3, -0.25) is 9.59 Å². The molecule has 0 radical (unpaired) electrons. The van der Waals surface area contributed by atoms with Crippen LogP contribution in [0.5, 0.6) is 5.75 Å². The number of methoxy groups -OCH3 is 1. The Bertz CT molecular complexity index is 1340. The second-order valence-corrected chi connectivity index (χ2v) is 9.87. The molecule has 3 aromatic rings. The summed E-state index contributed by atoms with van der Waals surface area (Å²) in [6.45, 7) is 2.82. The molecule has 1 unspecified atom stereocenters. The van der Waals surface area contributed by atoms with Gasteiger partial charge in [0.25, 0.3) is 0 Å². The van der Waals surface area contributed by atoms with Crippen LogP contribution in [-0.2, 0) is 27.4 Å². The van der Waals surface area contributed by atoms with E-state index in [0.717, 1.165) is 17.2 Å². The zero-order valence-electron chi connectivity index (χ0n) is 21.3. The number of hydrogen-bond donors (Lipinski definition) is 0. The maximum atomic E-state index is 12.8. The van der Waals surface area contributed by atoms with Gasteiger partial charge in [-0.1, -0.05) is 78.3 Å². The van der Waals surface area contributed by atoms with Gasteiger partial charge in [-0.25, -0.2) is 0 Å². The van der Waals surface area contributed by atoms with E-state index in [4.69, 9.17) is 30.5 Å². The van der Waals surface area contributed by atoms with Crippen molar-refractivity contribution in [3.63, 3.8) is 0 Å². The van der Waals surface area contributed by atoms with Crippen LogP contribution in [0.1, 0.15) is 56.9 Å². The van der Waals surface area contributed by atoms with Crippen molar-refractivity contribution in [3.05, 3.63) is 112 Å². The molecule has 5 rings (SSSR count). The quantitative estimate of drug-likeness (QED) is 0.343. The maximum absolute atomic E-state index is 12.8. The van der Waals surface area contributed by atoms with Crippen molar-refractivity contribution in [1.29, 1.82) is 0 Å². The van der Waals surface area contributed by atoms with Gasteiger partial charge in [0.15, 0.2) is 5.78 Å². The van der Waals surface area contributed by atoms with Crippen molar-refractivity contribution in [3.8, 4) is 5.75 Å². The Hall–Kier alpha value is -3.29. The molecule has 0 saturated carbocycles. The lowest BCUT2D eigenvalue weighted by Crippen LogP contribution is -2.47. The number of halogens is 1. The van der Waals surface area contributed by atoms with Gasteiger partial charge < -0.3 is 18.9 Å². The number of rotatable bonds is 8. The lowest BCUT2D eigenvalue weighted by Gasteiger charge is -2.41. The molecule has 1 saturated heterocycles. The average Bonchev–Trinajstić information content (AvgIpc) is 2.94. The molecule has 0 amide bonds. The number of ketones is 2. The Morgan fingerprint density at radius 3 is 2.16 bits per heavy atom. The number of hydrogen-bond acceptors (Lipinski definition) is 6. The Labute approximate surface area is 227 Å². The fourth-order valence-corrected chi connectivity index (χ4v) is 5.28. The monoisotopic (exact) mass is 532 g/mol. The molecule has 7 heteroatoms. The highest BCUT2D eigenvalue weighted by Crippen LogP contribution is 2.42. The predicted octanol–water partition coefficient (Wildman–Crippen LogP) is 6.22. The van der Waals surface area contributed by atoms with E-state index in [1.54, 1.807) is 12.1 Å². The fourth-order valence-electron chi connectivity index (χ4n) is 5.08. The number of carbonyl (C=O) groups excluding carboxylic acids is 2. The van der Waals surface area contributed by atoms with Gasteiger partial charge in [-0.05, 0) is 24.1 Å². The third-order valence-corrected chi connectivity index (χ3v) is 7.23. The first-order chi connectivity index (χ1) is 18.5. The number of allylic oxidation sites excluding steroid dienone is 2. The van der Waals surface area contributed by atoms with E-state index in [2.05, 4.69) is 0 Å². The predicted molar refractivity (Wildman–Crippen MR) is 144 cm³/mol. The molecular weight excluding hydrogens is 504 g/mol. The van der Waals surface area contributed by atoms with Crippen molar-refractivity contribution in [2.24, 2.45) is 0 Å². The van der Waals surface area contributed by atoms with E-state index in [0.29, 0.717) is 30.9 Å². The smallest absolute Gasteiger partial charge is 0.205 e. The molecular formula is C31H29ClO6. The summed E-state index contributed by atoms with van der Waals surface area (Å²) in [5.41, 5.74) is 3.24. The molecule has 38 heavy (non-hydrogen) atoms. The molecule has 1 fully saturated rings. The fraction of sp³-hybridized carbons (Fsp3) is 0.290. The van der Waals surface area contributed by atoms with Crippen LogP contribution in [0.3, 0.4) is 0 Å². The summed E-state index contributed by atoms with van der Waals surface area (Å²) < 4.78 is 24.9. The number of benzene rings is 3. The third kappa shape index (κ3) is 5.45. The second-order valence-electron chi connectivity index (χ2n) is 9.46. The highest BCUT2D eigenvalue weighted by atomic mass is 35.5. The van der Waals surface area contributed by atoms with E-state index in [1.807, 2.05) is 67.6 Å². The van der Waals surface area contributed by atoms with Gasteiger partial charge in [-0.15, -0.1) is 0 Å². The summed E-state index contributed by atoms with van der Waals surface area (Å²) in [5.74, 6) is -0.445. The molecule has 1 aliphatic carbocycles. The minimum atomic E-state index is -0.438. The SMILES string of the molecule is COc1c([C@H]2CC(OCc3ccccc3)[C@H](OCc3ccccc3)[C@@H](C)O2)ccc2c1C(=O)C=C(Cl)C2=O. The highest BCUT2D eigenvalue weighted by molar-refractivity contribution is 6.49. The Kier molecular flexibility index (Phi) is 8.05. The first-order valence-corrected chi connectivity index (χ1v) is 13.0. The first-order valence-electron chi connectivity index (χ1n) is 12.6. The lowest BCUT2D eigenvalue weighted by molar-refractivity contribution is -0.204. The van der Waals surface area contributed by atoms with E-state index in [9.17, 15) is 9.59 Å². The molecule has 3 aromatic carbocycles. The van der Waals surface area contributed by atoms with Crippen molar-refractivity contribution >= 4 is 23.2 Å². The Balaban J connectivity index is 1.43. The van der Waals surface area contributed by atoms with Crippen molar-refractivity contribution in [2.75, 3.05) is 7.11 Å².